The number of thiophene rings is 1. The zero-order chi connectivity index (χ0) is 16.6. The van der Waals surface area contributed by atoms with E-state index in [2.05, 4.69) is 0 Å². The van der Waals surface area contributed by atoms with Crippen LogP contribution >= 0.6 is 34.5 Å². The Morgan fingerprint density at radius 2 is 2.00 bits per heavy atom. The monoisotopic (exact) mass is 391 g/mol. The molecule has 0 N–H and O–H groups in total. The molecule has 1 saturated heterocycles. The van der Waals surface area contributed by atoms with E-state index in [-0.39, 0.29) is 12.6 Å². The van der Waals surface area contributed by atoms with Crippen LogP contribution in [0, 0.1) is 6.92 Å². The molecule has 3 rings (SSSR count). The maximum atomic E-state index is 12.7. The molecule has 1 aromatic carbocycles. The molecule has 2 heterocycles. The highest BCUT2D eigenvalue weighted by molar-refractivity contribution is 7.91. The van der Waals surface area contributed by atoms with Crippen molar-refractivity contribution in [3.05, 3.63) is 50.8 Å². The van der Waals surface area contributed by atoms with E-state index in [1.54, 1.807) is 18.2 Å². The molecule has 0 bridgehead atoms. The molecule has 0 amide bonds. The molecule has 1 unspecified atom stereocenters. The summed E-state index contributed by atoms with van der Waals surface area (Å²) < 4.78 is 33.0. The molecular formula is C15H15Cl2NO3S2. The van der Waals surface area contributed by atoms with Crippen molar-refractivity contribution in [1.29, 1.82) is 0 Å². The standard InChI is InChI=1S/C15H15Cl2NO3S2/c1-10-2-5-15(22-10)23(19,20)18-6-7-21-14(9-18)11-3-4-12(16)13(17)8-11/h2-5,8,14H,6-7,9H2,1H3. The van der Waals surface area contributed by atoms with E-state index in [9.17, 15) is 8.42 Å². The van der Waals surface area contributed by atoms with Crippen LogP contribution in [0.1, 0.15) is 16.5 Å². The molecule has 0 saturated carbocycles. The summed E-state index contributed by atoms with van der Waals surface area (Å²) in [5, 5.41) is 0.895. The highest BCUT2D eigenvalue weighted by atomic mass is 35.5. The summed E-state index contributed by atoms with van der Waals surface area (Å²) in [4.78, 5) is 0.970. The summed E-state index contributed by atoms with van der Waals surface area (Å²) >= 11 is 13.2. The number of aryl methyl sites for hydroxylation is 1. The molecule has 1 aromatic heterocycles. The summed E-state index contributed by atoms with van der Waals surface area (Å²) in [7, 11) is -3.49. The topological polar surface area (TPSA) is 46.6 Å². The Kier molecular flexibility index (Phi) is 5.01. The minimum Gasteiger partial charge on any atom is -0.371 e. The Labute approximate surface area is 149 Å². The fraction of sp³-hybridized carbons (Fsp3) is 0.333. The lowest BCUT2D eigenvalue weighted by Gasteiger charge is -2.32. The van der Waals surface area contributed by atoms with Crippen molar-refractivity contribution in [3.63, 3.8) is 0 Å². The van der Waals surface area contributed by atoms with Gasteiger partial charge in [0.05, 0.1) is 22.8 Å². The van der Waals surface area contributed by atoms with Gasteiger partial charge in [0.2, 0.25) is 0 Å². The molecule has 8 heteroatoms. The maximum Gasteiger partial charge on any atom is 0.252 e. The van der Waals surface area contributed by atoms with Gasteiger partial charge in [-0.25, -0.2) is 8.42 Å². The number of rotatable bonds is 3. The van der Waals surface area contributed by atoms with Crippen LogP contribution in [0.15, 0.2) is 34.5 Å². The van der Waals surface area contributed by atoms with Gasteiger partial charge in [0.25, 0.3) is 10.0 Å². The first-order chi connectivity index (χ1) is 10.9. The lowest BCUT2D eigenvalue weighted by Crippen LogP contribution is -2.41. The van der Waals surface area contributed by atoms with Crippen molar-refractivity contribution in [1.82, 2.24) is 4.31 Å². The molecule has 4 nitrogen and oxygen atoms in total. The molecular weight excluding hydrogens is 377 g/mol. The van der Waals surface area contributed by atoms with Gasteiger partial charge >= 0.3 is 0 Å². The number of ether oxygens (including phenoxy) is 1. The highest BCUT2D eigenvalue weighted by Gasteiger charge is 2.32. The molecule has 124 valence electrons. The van der Waals surface area contributed by atoms with Crippen LogP contribution in [0.3, 0.4) is 0 Å². The molecule has 0 aliphatic carbocycles. The third-order valence-electron chi connectivity index (χ3n) is 3.65. The first-order valence-corrected chi connectivity index (χ1v) is 10.0. The molecule has 0 radical (unpaired) electrons. The van der Waals surface area contributed by atoms with Crippen molar-refractivity contribution in [2.45, 2.75) is 17.2 Å². The van der Waals surface area contributed by atoms with Crippen LogP contribution in [0.25, 0.3) is 0 Å². The van der Waals surface area contributed by atoms with Crippen molar-refractivity contribution < 1.29 is 13.2 Å². The highest BCUT2D eigenvalue weighted by Crippen LogP contribution is 2.32. The lowest BCUT2D eigenvalue weighted by atomic mass is 10.1. The lowest BCUT2D eigenvalue weighted by molar-refractivity contribution is -0.00249. The fourth-order valence-corrected chi connectivity index (χ4v) is 5.61. The average molecular weight is 392 g/mol. The molecule has 1 atom stereocenters. The summed E-state index contributed by atoms with van der Waals surface area (Å²) in [6.07, 6.45) is -0.352. The van der Waals surface area contributed by atoms with Crippen LogP contribution in [0.5, 0.6) is 0 Å². The number of halogens is 2. The van der Waals surface area contributed by atoms with E-state index in [4.69, 9.17) is 27.9 Å². The number of nitrogens with zero attached hydrogens (tertiary/aromatic N) is 1. The maximum absolute atomic E-state index is 12.7. The van der Waals surface area contributed by atoms with Crippen molar-refractivity contribution >= 4 is 44.6 Å². The Hall–Kier alpha value is -0.630. The van der Waals surface area contributed by atoms with Gasteiger partial charge in [-0.15, -0.1) is 11.3 Å². The normalized spacial score (nSPS) is 19.9. The van der Waals surface area contributed by atoms with Crippen LogP contribution < -0.4 is 0 Å². The van der Waals surface area contributed by atoms with Crippen molar-refractivity contribution in [3.8, 4) is 0 Å². The third-order valence-corrected chi connectivity index (χ3v) is 7.73. The van der Waals surface area contributed by atoms with Gasteiger partial charge in [-0.3, -0.25) is 0 Å². The van der Waals surface area contributed by atoms with Gasteiger partial charge < -0.3 is 4.74 Å². The summed E-state index contributed by atoms with van der Waals surface area (Å²) in [5.74, 6) is 0. The van der Waals surface area contributed by atoms with E-state index < -0.39 is 10.0 Å². The van der Waals surface area contributed by atoms with Crippen LogP contribution in [0.4, 0.5) is 0 Å². The van der Waals surface area contributed by atoms with Crippen LogP contribution in [-0.2, 0) is 14.8 Å². The number of sulfonamides is 1. The van der Waals surface area contributed by atoms with E-state index in [0.717, 1.165) is 10.4 Å². The Bertz CT molecular complexity index is 820. The Morgan fingerprint density at radius 1 is 1.22 bits per heavy atom. The second-order valence-corrected chi connectivity index (χ2v) is 9.53. The molecule has 1 aliphatic rings. The van der Waals surface area contributed by atoms with Crippen molar-refractivity contribution in [2.24, 2.45) is 0 Å². The molecule has 0 spiro atoms. The van der Waals surface area contributed by atoms with E-state index >= 15 is 0 Å². The largest absolute Gasteiger partial charge is 0.371 e. The number of benzene rings is 1. The van der Waals surface area contributed by atoms with E-state index in [1.807, 2.05) is 19.1 Å². The molecule has 1 aliphatic heterocycles. The Balaban J connectivity index is 1.84. The number of hydrogen-bond donors (Lipinski definition) is 0. The predicted molar refractivity (Wildman–Crippen MR) is 93.0 cm³/mol. The van der Waals surface area contributed by atoms with Crippen LogP contribution in [0.2, 0.25) is 10.0 Å². The first kappa shape index (κ1) is 17.2. The van der Waals surface area contributed by atoms with Gasteiger partial charge in [-0.05, 0) is 36.8 Å². The van der Waals surface area contributed by atoms with E-state index in [1.165, 1.54) is 15.6 Å². The SMILES string of the molecule is Cc1ccc(S(=O)(=O)N2CCOC(c3ccc(Cl)c(Cl)c3)C2)s1. The average Bonchev–Trinajstić information content (AvgIpc) is 2.97. The zero-order valence-electron chi connectivity index (χ0n) is 12.3. The van der Waals surface area contributed by atoms with Gasteiger partial charge in [0.15, 0.2) is 0 Å². The van der Waals surface area contributed by atoms with Gasteiger partial charge in [0, 0.05) is 18.0 Å². The third kappa shape index (κ3) is 3.57. The van der Waals surface area contributed by atoms with E-state index in [0.29, 0.717) is 27.4 Å². The summed E-state index contributed by atoms with van der Waals surface area (Å²) in [6.45, 7) is 2.84. The smallest absolute Gasteiger partial charge is 0.252 e. The Morgan fingerprint density at radius 3 is 2.65 bits per heavy atom. The van der Waals surface area contributed by atoms with Crippen LogP contribution in [-0.4, -0.2) is 32.4 Å². The number of hydrogen-bond acceptors (Lipinski definition) is 4. The zero-order valence-corrected chi connectivity index (χ0v) is 15.5. The molecule has 1 fully saturated rings. The molecule has 2 aromatic rings. The first-order valence-electron chi connectivity index (χ1n) is 7.01. The second kappa shape index (κ2) is 6.70. The summed E-state index contributed by atoms with van der Waals surface area (Å²) in [5.41, 5.74) is 0.821. The van der Waals surface area contributed by atoms with Gasteiger partial charge in [0.1, 0.15) is 4.21 Å². The molecule has 23 heavy (non-hydrogen) atoms. The van der Waals surface area contributed by atoms with Gasteiger partial charge in [-0.2, -0.15) is 4.31 Å². The van der Waals surface area contributed by atoms with Gasteiger partial charge in [-0.1, -0.05) is 29.3 Å². The fourth-order valence-electron chi connectivity index (χ4n) is 2.44. The summed E-state index contributed by atoms with van der Waals surface area (Å²) in [6, 6.07) is 8.69. The predicted octanol–water partition coefficient (Wildman–Crippen LogP) is 4.13. The van der Waals surface area contributed by atoms with Crippen molar-refractivity contribution in [2.75, 3.05) is 19.7 Å². The quantitative estimate of drug-likeness (QED) is 0.789. The number of morpholine rings is 1. The minimum atomic E-state index is -3.49. The minimum absolute atomic E-state index is 0.261. The second-order valence-electron chi connectivity index (χ2n) is 5.26.